The van der Waals surface area contributed by atoms with Gasteiger partial charge in [-0.2, -0.15) is 0 Å². The fourth-order valence-corrected chi connectivity index (χ4v) is 2.89. The molecule has 1 aliphatic rings. The van der Waals surface area contributed by atoms with E-state index in [4.69, 9.17) is 0 Å². The van der Waals surface area contributed by atoms with Crippen molar-refractivity contribution >= 4 is 23.1 Å². The molecule has 0 aromatic heterocycles. The van der Waals surface area contributed by atoms with Gasteiger partial charge in [-0.3, -0.25) is 9.59 Å². The molecule has 0 radical (unpaired) electrons. The third-order valence-electron chi connectivity index (χ3n) is 4.16. The van der Waals surface area contributed by atoms with Gasteiger partial charge < -0.3 is 10.0 Å². The lowest BCUT2D eigenvalue weighted by Gasteiger charge is -2.20. The van der Waals surface area contributed by atoms with Crippen molar-refractivity contribution in [2.45, 2.75) is 0 Å². The second-order valence-electron chi connectivity index (χ2n) is 5.92. The monoisotopic (exact) mass is 376 g/mol. The van der Waals surface area contributed by atoms with Crippen LogP contribution in [0, 0.1) is 17.5 Å². The second-order valence-corrected chi connectivity index (χ2v) is 5.92. The number of hydrogen-bond acceptors (Lipinski definition) is 4. The molecule has 1 heterocycles. The molecule has 0 atom stereocenters. The third-order valence-corrected chi connectivity index (χ3v) is 4.16. The van der Waals surface area contributed by atoms with E-state index in [1.54, 1.807) is 0 Å². The van der Waals surface area contributed by atoms with Gasteiger partial charge in [0.05, 0.1) is 17.9 Å². The Morgan fingerprint density at radius 1 is 0.963 bits per heavy atom. The number of aliphatic hydroxyl groups excluding tert-OH is 1. The fourth-order valence-electron chi connectivity index (χ4n) is 2.89. The van der Waals surface area contributed by atoms with Crippen LogP contribution in [0.2, 0.25) is 0 Å². The molecule has 0 saturated carbocycles. The third kappa shape index (κ3) is 3.31. The van der Waals surface area contributed by atoms with Gasteiger partial charge in [-0.25, -0.2) is 18.1 Å². The Bertz CT molecular complexity index is 942. The van der Waals surface area contributed by atoms with Gasteiger partial charge in [0.2, 0.25) is 0 Å². The predicted octanol–water partition coefficient (Wildman–Crippen LogP) is 2.31. The number of imide groups is 1. The summed E-state index contributed by atoms with van der Waals surface area (Å²) < 4.78 is 41.0. The van der Waals surface area contributed by atoms with Crippen molar-refractivity contribution in [1.29, 1.82) is 0 Å². The molecule has 1 N–H and O–H groups in total. The molecule has 8 heteroatoms. The zero-order chi connectivity index (χ0) is 19.7. The Morgan fingerprint density at radius 3 is 2.22 bits per heavy atom. The minimum Gasteiger partial charge on any atom is -0.395 e. The summed E-state index contributed by atoms with van der Waals surface area (Å²) in [7, 11) is 1.48. The molecule has 0 aliphatic carbocycles. The van der Waals surface area contributed by atoms with Crippen LogP contribution in [-0.4, -0.2) is 42.0 Å². The molecule has 2 aromatic rings. The molecule has 3 rings (SSSR count). The highest BCUT2D eigenvalue weighted by molar-refractivity contribution is 6.45. The summed E-state index contributed by atoms with van der Waals surface area (Å²) in [4.78, 5) is 27.8. The van der Waals surface area contributed by atoms with Crippen LogP contribution in [0.5, 0.6) is 0 Å². The maximum atomic E-state index is 14.2. The predicted molar refractivity (Wildman–Crippen MR) is 91.9 cm³/mol. The first kappa shape index (κ1) is 18.7. The molecule has 0 saturated heterocycles. The van der Waals surface area contributed by atoms with E-state index >= 15 is 0 Å². The van der Waals surface area contributed by atoms with E-state index in [2.05, 4.69) is 0 Å². The first-order chi connectivity index (χ1) is 12.8. The highest BCUT2D eigenvalue weighted by Gasteiger charge is 2.42. The Balaban J connectivity index is 2.16. The standard InChI is InChI=1S/C19H15F3N2O3/c1-23(8-9-25)17-16(11-2-4-12(20)5-3-11)18(26)24(19(17)27)15-10-13(21)6-7-14(15)22/h2-7,10,25H,8-9H2,1H3. The zero-order valence-electron chi connectivity index (χ0n) is 14.2. The van der Waals surface area contributed by atoms with Crippen molar-refractivity contribution in [3.63, 3.8) is 0 Å². The molecule has 0 unspecified atom stereocenters. The van der Waals surface area contributed by atoms with Gasteiger partial charge in [-0.05, 0) is 29.8 Å². The van der Waals surface area contributed by atoms with E-state index in [1.165, 1.54) is 24.1 Å². The van der Waals surface area contributed by atoms with Gasteiger partial charge >= 0.3 is 0 Å². The van der Waals surface area contributed by atoms with Crippen molar-refractivity contribution in [3.05, 3.63) is 71.2 Å². The summed E-state index contributed by atoms with van der Waals surface area (Å²) in [6, 6.07) is 7.31. The summed E-state index contributed by atoms with van der Waals surface area (Å²) in [5, 5.41) is 9.17. The van der Waals surface area contributed by atoms with Gasteiger partial charge in [-0.1, -0.05) is 12.1 Å². The number of rotatable bonds is 5. The maximum absolute atomic E-state index is 14.2. The summed E-state index contributed by atoms with van der Waals surface area (Å²) in [5.41, 5.74) is -0.449. The van der Waals surface area contributed by atoms with E-state index in [9.17, 15) is 27.9 Å². The minimum atomic E-state index is -0.942. The molecule has 2 amide bonds. The van der Waals surface area contributed by atoms with Crippen LogP contribution in [0.15, 0.2) is 48.2 Å². The smallest absolute Gasteiger partial charge is 0.282 e. The first-order valence-electron chi connectivity index (χ1n) is 8.01. The number of likely N-dealkylation sites (N-methyl/N-ethyl adjacent to an activating group) is 1. The Kier molecular flexibility index (Phi) is 5.00. The van der Waals surface area contributed by atoms with Crippen LogP contribution in [0.4, 0.5) is 18.9 Å². The lowest BCUT2D eigenvalue weighted by atomic mass is 10.0. The van der Waals surface area contributed by atoms with Gasteiger partial charge in [0.1, 0.15) is 23.1 Å². The number of halogens is 3. The van der Waals surface area contributed by atoms with E-state index in [1.807, 2.05) is 0 Å². The van der Waals surface area contributed by atoms with Crippen molar-refractivity contribution in [2.24, 2.45) is 0 Å². The molecule has 0 bridgehead atoms. The maximum Gasteiger partial charge on any atom is 0.282 e. The fraction of sp³-hybridized carbons (Fsp3) is 0.158. The normalized spacial score (nSPS) is 14.3. The molecule has 5 nitrogen and oxygen atoms in total. The second kappa shape index (κ2) is 7.24. The van der Waals surface area contributed by atoms with Gasteiger partial charge in [0.15, 0.2) is 0 Å². The summed E-state index contributed by atoms with van der Waals surface area (Å²) >= 11 is 0. The van der Waals surface area contributed by atoms with Crippen LogP contribution in [-0.2, 0) is 9.59 Å². The summed E-state index contributed by atoms with van der Waals surface area (Å²) in [5.74, 6) is -4.01. The number of carbonyl (C=O) groups excluding carboxylic acids is 2. The van der Waals surface area contributed by atoms with Crippen molar-refractivity contribution < 1.29 is 27.9 Å². The summed E-state index contributed by atoms with van der Waals surface area (Å²) in [6.07, 6.45) is 0. The quantitative estimate of drug-likeness (QED) is 0.814. The molecule has 0 fully saturated rings. The van der Waals surface area contributed by atoms with Crippen molar-refractivity contribution in [1.82, 2.24) is 4.90 Å². The van der Waals surface area contributed by atoms with Crippen molar-refractivity contribution in [2.75, 3.05) is 25.1 Å². The average molecular weight is 376 g/mol. The summed E-state index contributed by atoms with van der Waals surface area (Å²) in [6.45, 7) is -0.273. The van der Waals surface area contributed by atoms with E-state index in [-0.39, 0.29) is 30.0 Å². The number of benzene rings is 2. The van der Waals surface area contributed by atoms with E-state index in [0.29, 0.717) is 4.90 Å². The van der Waals surface area contributed by atoms with E-state index in [0.717, 1.165) is 30.3 Å². The lowest BCUT2D eigenvalue weighted by molar-refractivity contribution is -0.120. The molecule has 0 spiro atoms. The molecular weight excluding hydrogens is 361 g/mol. The Morgan fingerprint density at radius 2 is 1.59 bits per heavy atom. The Hall–Kier alpha value is -3.13. The SMILES string of the molecule is CN(CCO)C1=C(c2ccc(F)cc2)C(=O)N(c2cc(F)ccc2F)C1=O. The number of carbonyl (C=O) groups is 2. The van der Waals surface area contributed by atoms with Crippen LogP contribution in [0.1, 0.15) is 5.56 Å². The number of aliphatic hydroxyl groups is 1. The van der Waals surface area contributed by atoms with Crippen molar-refractivity contribution in [3.8, 4) is 0 Å². The van der Waals surface area contributed by atoms with E-state index < -0.39 is 35.0 Å². The highest BCUT2D eigenvalue weighted by Crippen LogP contribution is 2.35. The Labute approximate surface area is 152 Å². The molecule has 2 aromatic carbocycles. The largest absolute Gasteiger partial charge is 0.395 e. The first-order valence-corrected chi connectivity index (χ1v) is 8.01. The highest BCUT2D eigenvalue weighted by atomic mass is 19.1. The number of amides is 2. The minimum absolute atomic E-state index is 0.0263. The van der Waals surface area contributed by atoms with Crippen LogP contribution in [0.3, 0.4) is 0 Å². The van der Waals surface area contributed by atoms with Gasteiger partial charge in [0, 0.05) is 19.7 Å². The van der Waals surface area contributed by atoms with Gasteiger partial charge in [-0.15, -0.1) is 0 Å². The molecule has 1 aliphatic heterocycles. The number of nitrogens with zero attached hydrogens (tertiary/aromatic N) is 2. The molecule has 140 valence electrons. The average Bonchev–Trinajstić information content (AvgIpc) is 2.89. The van der Waals surface area contributed by atoms with Crippen LogP contribution in [0.25, 0.3) is 5.57 Å². The zero-order valence-corrected chi connectivity index (χ0v) is 14.2. The lowest BCUT2D eigenvalue weighted by Crippen LogP contribution is -2.35. The van der Waals surface area contributed by atoms with Crippen LogP contribution < -0.4 is 4.90 Å². The van der Waals surface area contributed by atoms with Gasteiger partial charge in [0.25, 0.3) is 11.8 Å². The molecule has 27 heavy (non-hydrogen) atoms. The van der Waals surface area contributed by atoms with Crippen LogP contribution >= 0.6 is 0 Å². The molecular formula is C19H15F3N2O3. The topological polar surface area (TPSA) is 60.9 Å². The number of hydrogen-bond donors (Lipinski definition) is 1. The number of anilines is 1.